The number of anilines is 1. The molecule has 1 aromatic heterocycles. The first-order valence-corrected chi connectivity index (χ1v) is 10.1. The third-order valence-corrected chi connectivity index (χ3v) is 4.99. The summed E-state index contributed by atoms with van der Waals surface area (Å²) in [5, 5.41) is 11.1. The summed E-state index contributed by atoms with van der Waals surface area (Å²) in [6.07, 6.45) is 0. The fourth-order valence-electron chi connectivity index (χ4n) is 3.18. The highest BCUT2D eigenvalue weighted by molar-refractivity contribution is 6.04. The third kappa shape index (κ3) is 4.41. The predicted octanol–water partition coefficient (Wildman–Crippen LogP) is 4.67. The van der Waals surface area contributed by atoms with E-state index in [9.17, 15) is 9.59 Å². The molecule has 0 bridgehead atoms. The van der Waals surface area contributed by atoms with Crippen molar-refractivity contribution in [2.75, 3.05) is 19.4 Å². The molecule has 0 saturated carbocycles. The van der Waals surface area contributed by atoms with Crippen molar-refractivity contribution in [2.45, 2.75) is 6.92 Å². The summed E-state index contributed by atoms with van der Waals surface area (Å²) in [6, 6.07) is 21.5. The van der Waals surface area contributed by atoms with Crippen LogP contribution in [0.2, 0.25) is 0 Å². The highest BCUT2D eigenvalue weighted by Crippen LogP contribution is 2.26. The van der Waals surface area contributed by atoms with Crippen molar-refractivity contribution in [1.29, 1.82) is 0 Å². The molecule has 0 spiro atoms. The Kier molecular flexibility index (Phi) is 5.81. The van der Waals surface area contributed by atoms with Gasteiger partial charge in [0, 0.05) is 42.0 Å². The second-order valence-corrected chi connectivity index (χ2v) is 7.54. The number of amides is 2. The lowest BCUT2D eigenvalue weighted by atomic mass is 10.1. The van der Waals surface area contributed by atoms with Crippen LogP contribution in [-0.4, -0.2) is 41.0 Å². The Bertz CT molecular complexity index is 1260. The van der Waals surface area contributed by atoms with Gasteiger partial charge >= 0.3 is 0 Å². The van der Waals surface area contributed by atoms with Gasteiger partial charge in [-0.05, 0) is 67.1 Å². The van der Waals surface area contributed by atoms with Crippen molar-refractivity contribution in [3.05, 3.63) is 89.5 Å². The zero-order valence-corrected chi connectivity index (χ0v) is 18.0. The maximum absolute atomic E-state index is 12.6. The Morgan fingerprint density at radius 2 is 1.44 bits per heavy atom. The van der Waals surface area contributed by atoms with E-state index in [1.807, 2.05) is 31.2 Å². The van der Waals surface area contributed by atoms with Gasteiger partial charge in [0.2, 0.25) is 11.8 Å². The lowest BCUT2D eigenvalue weighted by Crippen LogP contribution is -2.21. The lowest BCUT2D eigenvalue weighted by molar-refractivity contribution is 0.0827. The first-order chi connectivity index (χ1) is 15.4. The monoisotopic (exact) mass is 426 g/mol. The van der Waals surface area contributed by atoms with Crippen LogP contribution < -0.4 is 5.32 Å². The molecular formula is C25H22N4O3. The average molecular weight is 426 g/mol. The van der Waals surface area contributed by atoms with Gasteiger partial charge in [-0.3, -0.25) is 9.59 Å². The fraction of sp³-hybridized carbons (Fsp3) is 0.120. The highest BCUT2D eigenvalue weighted by atomic mass is 16.4. The molecule has 1 N–H and O–H groups in total. The van der Waals surface area contributed by atoms with Crippen molar-refractivity contribution in [3.8, 4) is 22.9 Å². The first kappa shape index (κ1) is 21.0. The maximum Gasteiger partial charge on any atom is 0.255 e. The second-order valence-electron chi connectivity index (χ2n) is 7.54. The minimum absolute atomic E-state index is 0.0925. The molecule has 0 aliphatic heterocycles. The van der Waals surface area contributed by atoms with Gasteiger partial charge in [-0.2, -0.15) is 0 Å². The van der Waals surface area contributed by atoms with Crippen LogP contribution in [0.15, 0.2) is 77.2 Å². The van der Waals surface area contributed by atoms with Crippen LogP contribution >= 0.6 is 0 Å². The fourth-order valence-corrected chi connectivity index (χ4v) is 3.18. The molecule has 7 heteroatoms. The van der Waals surface area contributed by atoms with Gasteiger partial charge in [0.1, 0.15) is 0 Å². The molecule has 0 saturated heterocycles. The molecule has 0 aliphatic rings. The van der Waals surface area contributed by atoms with E-state index in [2.05, 4.69) is 15.5 Å². The Morgan fingerprint density at radius 1 is 0.812 bits per heavy atom. The number of nitrogens with zero attached hydrogens (tertiary/aromatic N) is 3. The summed E-state index contributed by atoms with van der Waals surface area (Å²) >= 11 is 0. The molecule has 0 radical (unpaired) electrons. The normalized spacial score (nSPS) is 10.6. The van der Waals surface area contributed by atoms with Crippen molar-refractivity contribution < 1.29 is 14.0 Å². The van der Waals surface area contributed by atoms with Crippen LogP contribution in [0.5, 0.6) is 0 Å². The van der Waals surface area contributed by atoms with E-state index in [1.54, 1.807) is 62.6 Å². The summed E-state index contributed by atoms with van der Waals surface area (Å²) in [5.74, 6) is 0.493. The topological polar surface area (TPSA) is 88.3 Å². The summed E-state index contributed by atoms with van der Waals surface area (Å²) in [7, 11) is 3.39. The molecule has 7 nitrogen and oxygen atoms in total. The molecule has 0 unspecified atom stereocenters. The van der Waals surface area contributed by atoms with Gasteiger partial charge in [-0.15, -0.1) is 10.2 Å². The highest BCUT2D eigenvalue weighted by Gasteiger charge is 2.14. The van der Waals surface area contributed by atoms with Crippen molar-refractivity contribution in [3.63, 3.8) is 0 Å². The molecule has 0 aliphatic carbocycles. The molecule has 2 amide bonds. The SMILES string of the molecule is Cc1ccccc1-c1nnc(-c2ccc(C(=O)Nc3ccc(C(=O)N(C)C)cc3)cc2)o1. The molecule has 4 aromatic rings. The van der Waals surface area contributed by atoms with E-state index in [0.717, 1.165) is 16.7 Å². The first-order valence-electron chi connectivity index (χ1n) is 10.1. The largest absolute Gasteiger partial charge is 0.416 e. The Balaban J connectivity index is 1.45. The molecule has 32 heavy (non-hydrogen) atoms. The van der Waals surface area contributed by atoms with E-state index in [1.165, 1.54) is 4.90 Å². The van der Waals surface area contributed by atoms with E-state index in [0.29, 0.717) is 28.6 Å². The number of rotatable bonds is 5. The second kappa shape index (κ2) is 8.85. The van der Waals surface area contributed by atoms with Crippen LogP contribution in [0.1, 0.15) is 26.3 Å². The molecule has 0 fully saturated rings. The van der Waals surface area contributed by atoms with E-state index < -0.39 is 0 Å². The van der Waals surface area contributed by atoms with E-state index in [4.69, 9.17) is 4.42 Å². The number of benzene rings is 3. The standard InChI is InChI=1S/C25H22N4O3/c1-16-6-4-5-7-21(16)24-28-27-23(32-24)18-10-8-17(9-11-18)22(30)26-20-14-12-19(13-15-20)25(31)29(2)3/h4-15H,1-3H3,(H,26,30). The van der Waals surface area contributed by atoms with Crippen LogP contribution in [0.25, 0.3) is 22.9 Å². The summed E-state index contributed by atoms with van der Waals surface area (Å²) < 4.78 is 5.83. The maximum atomic E-state index is 12.6. The van der Waals surface area contributed by atoms with Crippen LogP contribution in [-0.2, 0) is 0 Å². The van der Waals surface area contributed by atoms with Gasteiger partial charge < -0.3 is 14.6 Å². The Morgan fingerprint density at radius 3 is 2.09 bits per heavy atom. The molecule has 0 atom stereocenters. The lowest BCUT2D eigenvalue weighted by Gasteiger charge is -2.11. The number of hydrogen-bond acceptors (Lipinski definition) is 5. The number of hydrogen-bond donors (Lipinski definition) is 1. The van der Waals surface area contributed by atoms with Crippen molar-refractivity contribution in [1.82, 2.24) is 15.1 Å². The predicted molar refractivity (Wildman–Crippen MR) is 122 cm³/mol. The van der Waals surface area contributed by atoms with E-state index >= 15 is 0 Å². The molecule has 4 rings (SSSR count). The van der Waals surface area contributed by atoms with E-state index in [-0.39, 0.29) is 11.8 Å². The number of aryl methyl sites for hydroxylation is 1. The van der Waals surface area contributed by atoms with Gasteiger partial charge in [-0.25, -0.2) is 0 Å². The van der Waals surface area contributed by atoms with Crippen LogP contribution in [0.4, 0.5) is 5.69 Å². The Hall–Kier alpha value is -4.26. The minimum atomic E-state index is -0.255. The number of nitrogens with one attached hydrogen (secondary N) is 1. The quantitative estimate of drug-likeness (QED) is 0.501. The van der Waals surface area contributed by atoms with Crippen molar-refractivity contribution in [2.24, 2.45) is 0 Å². The minimum Gasteiger partial charge on any atom is -0.416 e. The number of carbonyl (C=O) groups excluding carboxylic acids is 2. The van der Waals surface area contributed by atoms with Gasteiger partial charge in [0.15, 0.2) is 0 Å². The zero-order valence-electron chi connectivity index (χ0n) is 18.0. The molecule has 1 heterocycles. The number of carbonyl (C=O) groups is 2. The average Bonchev–Trinajstić information content (AvgIpc) is 3.29. The van der Waals surface area contributed by atoms with Crippen LogP contribution in [0, 0.1) is 6.92 Å². The molecule has 160 valence electrons. The number of aromatic nitrogens is 2. The molecule has 3 aromatic carbocycles. The molecular weight excluding hydrogens is 404 g/mol. The van der Waals surface area contributed by atoms with Gasteiger partial charge in [0.25, 0.3) is 11.8 Å². The summed E-state index contributed by atoms with van der Waals surface area (Å²) in [5.41, 5.74) is 4.31. The Labute approximate surface area is 185 Å². The smallest absolute Gasteiger partial charge is 0.255 e. The van der Waals surface area contributed by atoms with Crippen LogP contribution in [0.3, 0.4) is 0 Å². The van der Waals surface area contributed by atoms with Gasteiger partial charge in [0.05, 0.1) is 0 Å². The van der Waals surface area contributed by atoms with Gasteiger partial charge in [-0.1, -0.05) is 18.2 Å². The summed E-state index contributed by atoms with van der Waals surface area (Å²) in [4.78, 5) is 26.0. The zero-order chi connectivity index (χ0) is 22.7. The third-order valence-electron chi connectivity index (χ3n) is 4.99. The summed E-state index contributed by atoms with van der Waals surface area (Å²) in [6.45, 7) is 1.99. The van der Waals surface area contributed by atoms with Crippen molar-refractivity contribution >= 4 is 17.5 Å².